The van der Waals surface area contributed by atoms with Crippen molar-refractivity contribution in [3.63, 3.8) is 0 Å². The van der Waals surface area contributed by atoms with Gasteiger partial charge in [-0.15, -0.1) is 2.78 Å². The average Bonchev–Trinajstić information content (AvgIpc) is 3.18. The highest BCUT2D eigenvalue weighted by Gasteiger charge is 2.27. The zero-order chi connectivity index (χ0) is 36.6. The van der Waals surface area contributed by atoms with Gasteiger partial charge in [-0.1, -0.05) is 91.4 Å². The number of fused-ring (bicyclic) bond motifs is 6. The molecule has 3 aromatic heterocycles. The second kappa shape index (κ2) is 14.6. The maximum atomic E-state index is 13.5. The van der Waals surface area contributed by atoms with Crippen LogP contribution in [0.15, 0.2) is 140 Å². The number of carbonyl (C=O) groups excluding carboxylic acids is 1. The highest BCUT2D eigenvalue weighted by molar-refractivity contribution is 14.1. The Kier molecular flexibility index (Phi) is 9.52. The van der Waals surface area contributed by atoms with Crippen molar-refractivity contribution in [1.82, 2.24) is 0 Å². The van der Waals surface area contributed by atoms with Crippen LogP contribution in [-0.2, 0) is 16.1 Å². The molecule has 4 nitrogen and oxygen atoms in total. The van der Waals surface area contributed by atoms with Crippen LogP contribution in [-0.4, -0.2) is 5.97 Å². The summed E-state index contributed by atoms with van der Waals surface area (Å²) < 4.78 is 10.3. The lowest BCUT2D eigenvalue weighted by molar-refractivity contribution is -0.510. The quantitative estimate of drug-likeness (QED) is 0.0664. The molecule has 1 atom stereocenters. The van der Waals surface area contributed by atoms with Gasteiger partial charge in [0, 0.05) is 34.5 Å². The Labute approximate surface area is 324 Å². The number of allylic oxidation sites excluding steroid dienone is 1. The van der Waals surface area contributed by atoms with Gasteiger partial charge in [0.2, 0.25) is 11.2 Å². The van der Waals surface area contributed by atoms with Crippen molar-refractivity contribution in [3.05, 3.63) is 168 Å². The smallest absolute Gasteiger partial charge is 0.354 e. The normalized spacial score (nSPS) is 12.3. The molecule has 0 radical (unpaired) electrons. The molecule has 0 aliphatic carbocycles. The standard InChI is InChI=1S/C48H41IN2O2/c1-5-6-14-37-26-32(3)27-43(47-41-21-18-36-25-31(2)16-19-38(36)39(41)22-24-51(47)49)46(37)44-29-50-23-11-10-15-45(50)40-20-17-35(28-42(40)44)33(4)48(52)53-30-34-12-8-7-9-13-34/h6-29,33H,5,30H2,1-4H3/q+2/b14-6-. The zero-order valence-corrected chi connectivity index (χ0v) is 32.6. The first kappa shape index (κ1) is 34.7. The molecule has 0 saturated heterocycles. The van der Waals surface area contributed by atoms with Gasteiger partial charge in [-0.2, -0.15) is 4.40 Å². The molecule has 260 valence electrons. The predicted molar refractivity (Wildman–Crippen MR) is 226 cm³/mol. The molecule has 5 aromatic carbocycles. The third-order valence-electron chi connectivity index (χ3n) is 10.3. The van der Waals surface area contributed by atoms with Crippen LogP contribution in [0.25, 0.3) is 66.3 Å². The monoisotopic (exact) mass is 804 g/mol. The summed E-state index contributed by atoms with van der Waals surface area (Å²) in [7, 11) is 0. The summed E-state index contributed by atoms with van der Waals surface area (Å²) >= 11 is 2.44. The summed E-state index contributed by atoms with van der Waals surface area (Å²) in [5.74, 6) is -0.685. The van der Waals surface area contributed by atoms with Crippen molar-refractivity contribution in [2.24, 2.45) is 0 Å². The summed E-state index contributed by atoms with van der Waals surface area (Å²) in [6.07, 6.45) is 12.0. The maximum absolute atomic E-state index is 13.5. The highest BCUT2D eigenvalue weighted by Crippen LogP contribution is 2.43. The number of rotatable bonds is 8. The first-order chi connectivity index (χ1) is 25.8. The number of aromatic nitrogens is 2. The third-order valence-corrected chi connectivity index (χ3v) is 11.1. The van der Waals surface area contributed by atoms with Gasteiger partial charge in [-0.25, -0.2) is 0 Å². The topological polar surface area (TPSA) is 34.3 Å². The minimum Gasteiger partial charge on any atom is -0.460 e. The van der Waals surface area contributed by atoms with Crippen LogP contribution in [0.4, 0.5) is 0 Å². The Balaban J connectivity index is 1.39. The fourth-order valence-electron chi connectivity index (χ4n) is 7.60. The van der Waals surface area contributed by atoms with Crippen LogP contribution in [0.2, 0.25) is 0 Å². The second-order valence-electron chi connectivity index (χ2n) is 14.0. The first-order valence-corrected chi connectivity index (χ1v) is 19.2. The molecule has 53 heavy (non-hydrogen) atoms. The van der Waals surface area contributed by atoms with E-state index in [1.54, 1.807) is 0 Å². The van der Waals surface area contributed by atoms with Gasteiger partial charge in [0.1, 0.15) is 6.61 Å². The van der Waals surface area contributed by atoms with Gasteiger partial charge in [-0.3, -0.25) is 4.79 Å². The molecular weight excluding hydrogens is 763 g/mol. The first-order valence-electron chi connectivity index (χ1n) is 18.2. The Morgan fingerprint density at radius 3 is 2.38 bits per heavy atom. The highest BCUT2D eigenvalue weighted by atomic mass is 127. The molecule has 1 unspecified atom stereocenters. The Bertz CT molecular complexity index is 2740. The van der Waals surface area contributed by atoms with Crippen LogP contribution < -0.4 is 7.18 Å². The minimum atomic E-state index is -0.446. The van der Waals surface area contributed by atoms with E-state index in [1.807, 2.05) is 37.3 Å². The van der Waals surface area contributed by atoms with Crippen molar-refractivity contribution in [1.29, 1.82) is 0 Å². The van der Waals surface area contributed by atoms with E-state index in [4.69, 9.17) is 4.74 Å². The lowest BCUT2D eigenvalue weighted by Crippen LogP contribution is -2.23. The molecule has 0 saturated carbocycles. The van der Waals surface area contributed by atoms with Crippen LogP contribution in [0, 0.1) is 13.8 Å². The Morgan fingerprint density at radius 1 is 0.755 bits per heavy atom. The van der Waals surface area contributed by atoms with E-state index in [-0.39, 0.29) is 12.6 Å². The number of hydrogen-bond acceptors (Lipinski definition) is 2. The number of nitrogens with zero attached hydrogens (tertiary/aromatic N) is 2. The van der Waals surface area contributed by atoms with Crippen LogP contribution >= 0.6 is 22.9 Å². The zero-order valence-electron chi connectivity index (χ0n) is 30.4. The molecule has 8 rings (SSSR count). The molecule has 0 bridgehead atoms. The number of pyridine rings is 3. The lowest BCUT2D eigenvalue weighted by Gasteiger charge is -2.17. The van der Waals surface area contributed by atoms with E-state index < -0.39 is 5.92 Å². The van der Waals surface area contributed by atoms with E-state index in [0.717, 1.165) is 61.8 Å². The van der Waals surface area contributed by atoms with Crippen molar-refractivity contribution in [3.8, 4) is 22.4 Å². The van der Waals surface area contributed by atoms with Gasteiger partial charge in [0.25, 0.3) is 0 Å². The van der Waals surface area contributed by atoms with E-state index in [1.165, 1.54) is 32.7 Å². The fraction of sp³-hybridized carbons (Fsp3) is 0.146. The van der Waals surface area contributed by atoms with Crippen molar-refractivity contribution in [2.75, 3.05) is 0 Å². The molecule has 0 fully saturated rings. The van der Waals surface area contributed by atoms with E-state index in [0.29, 0.717) is 0 Å². The van der Waals surface area contributed by atoms with Crippen LogP contribution in [0.5, 0.6) is 0 Å². The van der Waals surface area contributed by atoms with Gasteiger partial charge in [0.05, 0.1) is 27.8 Å². The van der Waals surface area contributed by atoms with E-state index >= 15 is 0 Å². The largest absolute Gasteiger partial charge is 0.460 e. The average molecular weight is 805 g/mol. The Hall–Kier alpha value is -5.40. The number of aryl methyl sites for hydroxylation is 2. The predicted octanol–water partition coefficient (Wildman–Crippen LogP) is 11.6. The summed E-state index contributed by atoms with van der Waals surface area (Å²) in [5.41, 5.74) is 11.2. The fourth-order valence-corrected chi connectivity index (χ4v) is 8.28. The molecule has 5 heteroatoms. The maximum Gasteiger partial charge on any atom is 0.354 e. The van der Waals surface area contributed by atoms with Gasteiger partial charge in [0.15, 0.2) is 18.6 Å². The molecule has 3 heterocycles. The number of carbonyl (C=O) groups is 1. The van der Waals surface area contributed by atoms with Crippen molar-refractivity contribution >= 4 is 72.7 Å². The minimum absolute atomic E-state index is 0.239. The molecule has 0 N–H and O–H groups in total. The summed E-state index contributed by atoms with van der Waals surface area (Å²) in [5, 5.41) is 7.13. The number of ether oxygens (including phenoxy) is 1. The molecular formula is C48H41IN2O2+2. The molecule has 8 aromatic rings. The van der Waals surface area contributed by atoms with Crippen molar-refractivity contribution in [2.45, 2.75) is 46.6 Å². The van der Waals surface area contributed by atoms with E-state index in [2.05, 4.69) is 166 Å². The SMILES string of the molecule is CC/C=C\c1cc(C)cc(-c2c3ccc4cc(C)ccc4c3cc[n+]2I)c1-c1c[n+]2ccccc2c2ccc(C(C)C(=O)OCc3ccccc3)cc12. The van der Waals surface area contributed by atoms with Crippen LogP contribution in [0.3, 0.4) is 0 Å². The molecule has 0 amide bonds. The van der Waals surface area contributed by atoms with Crippen LogP contribution in [0.1, 0.15) is 54.0 Å². The lowest BCUT2D eigenvalue weighted by atomic mass is 9.86. The number of benzene rings is 5. The third kappa shape index (κ3) is 6.59. The number of halogens is 1. The van der Waals surface area contributed by atoms with E-state index in [9.17, 15) is 4.79 Å². The Morgan fingerprint density at radius 2 is 1.55 bits per heavy atom. The van der Waals surface area contributed by atoms with Crippen molar-refractivity contribution < 1.29 is 16.7 Å². The number of hydrogen-bond donors (Lipinski definition) is 0. The van der Waals surface area contributed by atoms with Gasteiger partial charge in [-0.05, 0) is 90.6 Å². The summed E-state index contributed by atoms with van der Waals surface area (Å²) in [6.45, 7) is 8.70. The molecule has 0 spiro atoms. The van der Waals surface area contributed by atoms with Gasteiger partial charge < -0.3 is 4.74 Å². The molecule has 0 aliphatic rings. The summed E-state index contributed by atoms with van der Waals surface area (Å²) in [6, 6.07) is 40.7. The second-order valence-corrected chi connectivity index (χ2v) is 15.0. The molecule has 0 aliphatic heterocycles. The summed E-state index contributed by atoms with van der Waals surface area (Å²) in [4.78, 5) is 13.5. The van der Waals surface area contributed by atoms with Gasteiger partial charge >= 0.3 is 28.8 Å². The number of esters is 1.